The van der Waals surface area contributed by atoms with Gasteiger partial charge in [0, 0.05) is 38.2 Å². The number of ketones is 1. The first-order valence-electron chi connectivity index (χ1n) is 12.8. The van der Waals surface area contributed by atoms with E-state index in [1.54, 1.807) is 44.9 Å². The van der Waals surface area contributed by atoms with Gasteiger partial charge in [-0.25, -0.2) is 4.79 Å². The van der Waals surface area contributed by atoms with E-state index in [9.17, 15) is 24.6 Å². The molecule has 1 aliphatic carbocycles. The van der Waals surface area contributed by atoms with E-state index in [-0.39, 0.29) is 43.2 Å². The van der Waals surface area contributed by atoms with E-state index in [0.29, 0.717) is 25.9 Å². The second-order valence-electron chi connectivity index (χ2n) is 9.53. The normalized spacial score (nSPS) is 20.5. The maximum absolute atomic E-state index is 12.5. The molecule has 0 bridgehead atoms. The van der Waals surface area contributed by atoms with Crippen LogP contribution in [-0.2, 0) is 41.6 Å². The molecule has 0 heterocycles. The van der Waals surface area contributed by atoms with Gasteiger partial charge in [0.25, 0.3) is 0 Å². The van der Waals surface area contributed by atoms with Gasteiger partial charge in [-0.1, -0.05) is 36.4 Å². The minimum absolute atomic E-state index is 0.0429. The molecule has 0 saturated heterocycles. The summed E-state index contributed by atoms with van der Waals surface area (Å²) in [6, 6.07) is 7.84. The van der Waals surface area contributed by atoms with Gasteiger partial charge in [-0.2, -0.15) is 11.8 Å². The molecular weight excluding hydrogens is 496 g/mol. The maximum Gasteiger partial charge on any atom is 0.344 e. The standard InChI is InChI=1S/C28H40O8S/c1-19(2)36-28(33)18-35-27(32)8-5-12-37-13-11-24-23(25(30)16-26(24)31)10-9-22(29)15-20-6-4-7-21(14-20)17-34-3/h4,6-7,9-10,14,19,22-25,29-30H,5,8,11-13,15-18H2,1-3H3/b10-9+/t22-,23-,24-,25-/m1/s1. The molecular formula is C28H40O8S. The second-order valence-corrected chi connectivity index (χ2v) is 10.8. The molecule has 0 radical (unpaired) electrons. The van der Waals surface area contributed by atoms with E-state index in [2.05, 4.69) is 0 Å². The Morgan fingerprint density at radius 3 is 2.68 bits per heavy atom. The summed E-state index contributed by atoms with van der Waals surface area (Å²) in [5.74, 6) is -0.121. The van der Waals surface area contributed by atoms with Crippen LogP contribution in [0, 0.1) is 11.8 Å². The highest BCUT2D eigenvalue weighted by atomic mass is 32.2. The van der Waals surface area contributed by atoms with Crippen LogP contribution in [0.4, 0.5) is 0 Å². The van der Waals surface area contributed by atoms with Crippen LogP contribution in [0.3, 0.4) is 0 Å². The Labute approximate surface area is 223 Å². The summed E-state index contributed by atoms with van der Waals surface area (Å²) in [6.45, 7) is 3.59. The summed E-state index contributed by atoms with van der Waals surface area (Å²) >= 11 is 1.63. The van der Waals surface area contributed by atoms with E-state index >= 15 is 0 Å². The molecule has 1 saturated carbocycles. The number of aliphatic hydroxyl groups is 2. The average Bonchev–Trinajstić information content (AvgIpc) is 3.10. The number of Topliss-reactive ketones (excluding diaryl/α,β-unsaturated/α-hetero) is 1. The Hall–Kier alpha value is -2.20. The smallest absolute Gasteiger partial charge is 0.344 e. The second kappa shape index (κ2) is 16.6. The largest absolute Gasteiger partial charge is 0.460 e. The first-order valence-corrected chi connectivity index (χ1v) is 13.9. The van der Waals surface area contributed by atoms with Crippen molar-refractivity contribution >= 4 is 29.5 Å². The van der Waals surface area contributed by atoms with Crippen LogP contribution in [-0.4, -0.2) is 71.5 Å². The molecule has 2 N–H and O–H groups in total. The molecule has 1 aromatic carbocycles. The fourth-order valence-electron chi connectivity index (χ4n) is 4.31. The zero-order chi connectivity index (χ0) is 27.2. The molecule has 0 unspecified atom stereocenters. The summed E-state index contributed by atoms with van der Waals surface area (Å²) in [6.07, 6.45) is 3.75. The molecule has 4 atom stereocenters. The van der Waals surface area contributed by atoms with E-state index in [4.69, 9.17) is 14.2 Å². The van der Waals surface area contributed by atoms with Gasteiger partial charge in [0.1, 0.15) is 5.78 Å². The Bertz CT molecular complexity index is 900. The molecule has 0 amide bonds. The number of ether oxygens (including phenoxy) is 3. The molecule has 1 aromatic rings. The van der Waals surface area contributed by atoms with Crippen LogP contribution in [0.25, 0.3) is 0 Å². The Balaban J connectivity index is 1.71. The van der Waals surface area contributed by atoms with Crippen LogP contribution < -0.4 is 0 Å². The first-order chi connectivity index (χ1) is 17.7. The number of hydrogen-bond acceptors (Lipinski definition) is 9. The molecule has 0 spiro atoms. The number of hydrogen-bond donors (Lipinski definition) is 2. The van der Waals surface area contributed by atoms with Crippen molar-refractivity contribution < 1.29 is 38.8 Å². The Kier molecular flexibility index (Phi) is 13.9. The summed E-state index contributed by atoms with van der Waals surface area (Å²) in [4.78, 5) is 35.6. The predicted octanol–water partition coefficient (Wildman–Crippen LogP) is 3.26. The topological polar surface area (TPSA) is 119 Å². The van der Waals surface area contributed by atoms with Crippen LogP contribution in [0.2, 0.25) is 0 Å². The van der Waals surface area contributed by atoms with Gasteiger partial charge in [-0.15, -0.1) is 0 Å². The highest BCUT2D eigenvalue weighted by Gasteiger charge is 2.39. The fraction of sp³-hybridized carbons (Fsp3) is 0.607. The molecule has 8 nitrogen and oxygen atoms in total. The lowest BCUT2D eigenvalue weighted by Gasteiger charge is -2.18. The molecule has 0 aromatic heterocycles. The van der Waals surface area contributed by atoms with Crippen molar-refractivity contribution in [2.75, 3.05) is 25.2 Å². The Morgan fingerprint density at radius 1 is 1.19 bits per heavy atom. The molecule has 2 rings (SSSR count). The third kappa shape index (κ3) is 11.8. The number of rotatable bonds is 16. The van der Waals surface area contributed by atoms with Crippen LogP contribution in [0.1, 0.15) is 50.7 Å². The van der Waals surface area contributed by atoms with Crippen molar-refractivity contribution in [1.29, 1.82) is 0 Å². The third-order valence-corrected chi connectivity index (χ3v) is 7.10. The van der Waals surface area contributed by atoms with E-state index < -0.39 is 24.1 Å². The lowest BCUT2D eigenvalue weighted by Crippen LogP contribution is -2.20. The van der Waals surface area contributed by atoms with Gasteiger partial charge >= 0.3 is 11.9 Å². The van der Waals surface area contributed by atoms with Gasteiger partial charge in [0.05, 0.1) is 24.9 Å². The van der Waals surface area contributed by atoms with E-state index in [1.165, 1.54) is 0 Å². The van der Waals surface area contributed by atoms with Crippen LogP contribution in [0.5, 0.6) is 0 Å². The monoisotopic (exact) mass is 536 g/mol. The number of aliphatic hydroxyl groups excluding tert-OH is 2. The quantitative estimate of drug-likeness (QED) is 0.186. The van der Waals surface area contributed by atoms with Crippen LogP contribution in [0.15, 0.2) is 36.4 Å². The van der Waals surface area contributed by atoms with Gasteiger partial charge in [0.15, 0.2) is 6.61 Å². The SMILES string of the molecule is COCc1cccc(C[C@H](O)/C=C/[C@H]2[C@H](O)CC(=O)[C@@H]2CCSCCCC(=O)OCC(=O)OC(C)C)c1. The summed E-state index contributed by atoms with van der Waals surface area (Å²) in [7, 11) is 1.64. The van der Waals surface area contributed by atoms with Gasteiger partial charge in [-0.05, 0) is 49.3 Å². The number of benzene rings is 1. The lowest BCUT2D eigenvalue weighted by atomic mass is 9.91. The van der Waals surface area contributed by atoms with Crippen molar-refractivity contribution in [1.82, 2.24) is 0 Å². The number of carbonyl (C=O) groups excluding carboxylic acids is 3. The Morgan fingerprint density at radius 2 is 1.95 bits per heavy atom. The van der Waals surface area contributed by atoms with Crippen molar-refractivity contribution in [3.63, 3.8) is 0 Å². The predicted molar refractivity (Wildman–Crippen MR) is 142 cm³/mol. The fourth-order valence-corrected chi connectivity index (χ4v) is 5.28. The summed E-state index contributed by atoms with van der Waals surface area (Å²) in [5.41, 5.74) is 2.02. The minimum Gasteiger partial charge on any atom is -0.460 e. The molecule has 1 fully saturated rings. The third-order valence-electron chi connectivity index (χ3n) is 6.00. The maximum atomic E-state index is 12.5. The molecule has 9 heteroatoms. The van der Waals surface area contributed by atoms with Crippen molar-refractivity contribution in [3.05, 3.63) is 47.5 Å². The van der Waals surface area contributed by atoms with Gasteiger partial charge in [0.2, 0.25) is 0 Å². The summed E-state index contributed by atoms with van der Waals surface area (Å²) in [5, 5.41) is 20.9. The van der Waals surface area contributed by atoms with Crippen molar-refractivity contribution in [3.8, 4) is 0 Å². The number of methoxy groups -OCH3 is 1. The van der Waals surface area contributed by atoms with Gasteiger partial charge < -0.3 is 24.4 Å². The molecule has 37 heavy (non-hydrogen) atoms. The van der Waals surface area contributed by atoms with Gasteiger partial charge in [-0.3, -0.25) is 9.59 Å². The zero-order valence-corrected chi connectivity index (χ0v) is 22.8. The molecule has 206 valence electrons. The first kappa shape index (κ1) is 31.0. The number of thioether (sulfide) groups is 1. The lowest BCUT2D eigenvalue weighted by molar-refractivity contribution is -0.161. The average molecular weight is 537 g/mol. The highest BCUT2D eigenvalue weighted by Crippen LogP contribution is 2.34. The number of carbonyl (C=O) groups is 3. The van der Waals surface area contributed by atoms with E-state index in [1.807, 2.05) is 24.3 Å². The molecule has 0 aliphatic heterocycles. The van der Waals surface area contributed by atoms with E-state index in [0.717, 1.165) is 22.6 Å². The van der Waals surface area contributed by atoms with Crippen molar-refractivity contribution in [2.45, 2.75) is 70.9 Å². The van der Waals surface area contributed by atoms with Crippen LogP contribution >= 0.6 is 11.8 Å². The highest BCUT2D eigenvalue weighted by molar-refractivity contribution is 7.99. The molecule has 1 aliphatic rings. The zero-order valence-electron chi connectivity index (χ0n) is 22.0. The number of esters is 2. The minimum atomic E-state index is -0.742. The van der Waals surface area contributed by atoms with Crippen molar-refractivity contribution in [2.24, 2.45) is 11.8 Å². The summed E-state index contributed by atoms with van der Waals surface area (Å²) < 4.78 is 15.0.